The van der Waals surface area contributed by atoms with E-state index in [0.29, 0.717) is 44.7 Å². The number of hydrogen-bond acceptors (Lipinski definition) is 2. The summed E-state index contributed by atoms with van der Waals surface area (Å²) >= 11 is 0. The first-order valence-electron chi connectivity index (χ1n) is 12.5. The Morgan fingerprint density at radius 3 is 2.41 bits per heavy atom. The van der Waals surface area contributed by atoms with Gasteiger partial charge in [0.05, 0.1) is 5.56 Å². The number of nitrogens with zero attached hydrogens (tertiary/aromatic N) is 2. The number of fused-ring (bicyclic) bond motifs is 3. The standard InChI is InChI=1S/C30H24F6N2O/c1-28(33,30(34,35)36)22-7-10-24-19(14-22)6-11-26-29(24,16-18-2-8-23(31)9-3-18)12-13-38(26)27(39)20-4-5-21(17-37)25(32)15-20/h2-5,7-10,14-15,26H,6,11-13,16H2,1H3/t26-,28?,29-/m1/s1. The lowest BCUT2D eigenvalue weighted by molar-refractivity contribution is -0.228. The van der Waals surface area contributed by atoms with Gasteiger partial charge in [-0.3, -0.25) is 4.79 Å². The van der Waals surface area contributed by atoms with E-state index in [4.69, 9.17) is 5.26 Å². The number of hydrogen-bond donors (Lipinski definition) is 0. The van der Waals surface area contributed by atoms with Crippen molar-refractivity contribution in [1.29, 1.82) is 5.26 Å². The number of alkyl halides is 4. The van der Waals surface area contributed by atoms with Gasteiger partial charge in [-0.25, -0.2) is 13.2 Å². The number of halogens is 6. The first-order valence-corrected chi connectivity index (χ1v) is 12.5. The molecule has 1 heterocycles. The van der Waals surface area contributed by atoms with Crippen molar-refractivity contribution in [3.8, 4) is 6.07 Å². The Kier molecular flexibility index (Phi) is 6.48. The van der Waals surface area contributed by atoms with Gasteiger partial charge in [-0.1, -0.05) is 30.3 Å². The predicted octanol–water partition coefficient (Wildman–Crippen LogP) is 6.92. The third kappa shape index (κ3) is 4.46. The monoisotopic (exact) mass is 542 g/mol. The Morgan fingerprint density at radius 1 is 1.05 bits per heavy atom. The number of aryl methyl sites for hydroxylation is 1. The predicted molar refractivity (Wildman–Crippen MR) is 132 cm³/mol. The van der Waals surface area contributed by atoms with Crippen LogP contribution in [0.15, 0.2) is 60.7 Å². The van der Waals surface area contributed by atoms with Crippen molar-refractivity contribution in [2.45, 2.75) is 55.9 Å². The molecule has 39 heavy (non-hydrogen) atoms. The van der Waals surface area contributed by atoms with E-state index in [2.05, 4.69) is 0 Å². The van der Waals surface area contributed by atoms with Gasteiger partial charge in [0, 0.05) is 23.6 Å². The van der Waals surface area contributed by atoms with Crippen LogP contribution in [0, 0.1) is 23.0 Å². The van der Waals surface area contributed by atoms with E-state index in [0.717, 1.165) is 23.3 Å². The lowest BCUT2D eigenvalue weighted by atomic mass is 9.63. The summed E-state index contributed by atoms with van der Waals surface area (Å²) in [6, 6.07) is 14.9. The van der Waals surface area contributed by atoms with Gasteiger partial charge >= 0.3 is 6.18 Å². The molecule has 5 rings (SSSR count). The van der Waals surface area contributed by atoms with Gasteiger partial charge in [-0.05, 0) is 85.2 Å². The van der Waals surface area contributed by atoms with E-state index in [1.807, 2.05) is 0 Å². The maximum absolute atomic E-state index is 14.8. The summed E-state index contributed by atoms with van der Waals surface area (Å²) in [7, 11) is 0. The quantitative estimate of drug-likeness (QED) is 0.336. The van der Waals surface area contributed by atoms with Crippen molar-refractivity contribution >= 4 is 5.91 Å². The Labute approximate surface area is 221 Å². The number of amides is 1. The van der Waals surface area contributed by atoms with Crippen LogP contribution in [0.3, 0.4) is 0 Å². The van der Waals surface area contributed by atoms with Crippen LogP contribution in [-0.4, -0.2) is 29.6 Å². The highest BCUT2D eigenvalue weighted by atomic mass is 19.4. The molecule has 1 unspecified atom stereocenters. The zero-order valence-electron chi connectivity index (χ0n) is 21.0. The molecule has 1 fully saturated rings. The first kappa shape index (κ1) is 26.8. The fourth-order valence-electron chi connectivity index (χ4n) is 6.14. The summed E-state index contributed by atoms with van der Waals surface area (Å²) in [5.41, 5.74) is -2.74. The molecule has 202 valence electrons. The van der Waals surface area contributed by atoms with Gasteiger partial charge in [0.15, 0.2) is 0 Å². The molecular formula is C30H24F6N2O. The highest BCUT2D eigenvalue weighted by molar-refractivity contribution is 5.95. The summed E-state index contributed by atoms with van der Waals surface area (Å²) in [6.45, 7) is 0.804. The van der Waals surface area contributed by atoms with Gasteiger partial charge in [-0.2, -0.15) is 18.4 Å². The number of likely N-dealkylation sites (tertiary alicyclic amines) is 1. The Morgan fingerprint density at radius 2 is 1.77 bits per heavy atom. The highest BCUT2D eigenvalue weighted by Crippen LogP contribution is 2.51. The molecule has 0 N–H and O–H groups in total. The van der Waals surface area contributed by atoms with E-state index in [9.17, 15) is 31.1 Å². The van der Waals surface area contributed by atoms with Crippen LogP contribution in [-0.2, 0) is 23.9 Å². The zero-order chi connectivity index (χ0) is 28.2. The molecular weight excluding hydrogens is 518 g/mol. The van der Waals surface area contributed by atoms with Crippen LogP contribution in [0.25, 0.3) is 0 Å². The van der Waals surface area contributed by atoms with Crippen molar-refractivity contribution < 1.29 is 31.1 Å². The second kappa shape index (κ2) is 9.44. The maximum Gasteiger partial charge on any atom is 0.426 e. The molecule has 0 radical (unpaired) electrons. The summed E-state index contributed by atoms with van der Waals surface area (Å²) in [4.78, 5) is 15.2. The van der Waals surface area contributed by atoms with Crippen molar-refractivity contribution in [3.63, 3.8) is 0 Å². The molecule has 1 aliphatic carbocycles. The number of rotatable bonds is 4. The normalized spacial score (nSPS) is 22.0. The van der Waals surface area contributed by atoms with Gasteiger partial charge in [0.2, 0.25) is 5.67 Å². The number of carbonyl (C=O) groups is 1. The Balaban J connectivity index is 1.57. The SMILES string of the molecule is CC(F)(c1ccc2c(c1)CC[C@H]1N(C(=O)c3ccc(C#N)c(F)c3)CC[C@@]21Cc1ccc(F)cc1)C(F)(F)F. The van der Waals surface area contributed by atoms with E-state index < -0.39 is 40.4 Å². The lowest BCUT2D eigenvalue weighted by Crippen LogP contribution is -2.49. The molecule has 3 aromatic rings. The summed E-state index contributed by atoms with van der Waals surface area (Å²) in [5, 5.41) is 9.02. The topological polar surface area (TPSA) is 44.1 Å². The molecule has 1 amide bonds. The molecule has 0 spiro atoms. The third-order valence-corrected chi connectivity index (χ3v) is 8.25. The van der Waals surface area contributed by atoms with Crippen LogP contribution in [0.5, 0.6) is 0 Å². The van der Waals surface area contributed by atoms with Crippen LogP contribution in [0.1, 0.15) is 57.9 Å². The molecule has 3 nitrogen and oxygen atoms in total. The molecule has 1 saturated heterocycles. The molecule has 0 aromatic heterocycles. The summed E-state index contributed by atoms with van der Waals surface area (Å²) < 4.78 is 83.1. The fourth-order valence-corrected chi connectivity index (χ4v) is 6.14. The van der Waals surface area contributed by atoms with E-state index >= 15 is 0 Å². The lowest BCUT2D eigenvalue weighted by Gasteiger charge is -2.44. The number of nitriles is 1. The van der Waals surface area contributed by atoms with Crippen molar-refractivity contribution in [2.24, 2.45) is 0 Å². The van der Waals surface area contributed by atoms with E-state index in [1.54, 1.807) is 23.1 Å². The molecule has 9 heteroatoms. The Hall–Kier alpha value is -3.80. The van der Waals surface area contributed by atoms with E-state index in [1.165, 1.54) is 36.4 Å². The average Bonchev–Trinajstić information content (AvgIpc) is 3.28. The van der Waals surface area contributed by atoms with Gasteiger partial charge < -0.3 is 4.90 Å². The van der Waals surface area contributed by atoms with Crippen LogP contribution < -0.4 is 0 Å². The zero-order valence-corrected chi connectivity index (χ0v) is 21.0. The Bertz CT molecular complexity index is 1470. The molecule has 3 aromatic carbocycles. The highest BCUT2D eigenvalue weighted by Gasteiger charge is 2.55. The van der Waals surface area contributed by atoms with Crippen molar-refractivity contribution in [3.05, 3.63) is 106 Å². The minimum atomic E-state index is -5.09. The van der Waals surface area contributed by atoms with Crippen molar-refractivity contribution in [2.75, 3.05) is 6.54 Å². The van der Waals surface area contributed by atoms with E-state index in [-0.39, 0.29) is 17.2 Å². The minimum Gasteiger partial charge on any atom is -0.335 e. The smallest absolute Gasteiger partial charge is 0.335 e. The second-order valence-electron chi connectivity index (χ2n) is 10.4. The van der Waals surface area contributed by atoms with Crippen LogP contribution in [0.4, 0.5) is 26.3 Å². The molecule has 0 saturated carbocycles. The second-order valence-corrected chi connectivity index (χ2v) is 10.4. The average molecular weight is 543 g/mol. The largest absolute Gasteiger partial charge is 0.426 e. The minimum absolute atomic E-state index is 0.0867. The van der Waals surface area contributed by atoms with Gasteiger partial charge in [0.25, 0.3) is 5.91 Å². The number of benzene rings is 3. The van der Waals surface area contributed by atoms with Crippen LogP contribution >= 0.6 is 0 Å². The summed E-state index contributed by atoms with van der Waals surface area (Å²) in [5.74, 6) is -1.64. The van der Waals surface area contributed by atoms with Gasteiger partial charge in [-0.15, -0.1) is 0 Å². The molecule has 3 atom stereocenters. The fraction of sp³-hybridized carbons (Fsp3) is 0.333. The first-order chi connectivity index (χ1) is 18.4. The third-order valence-electron chi connectivity index (χ3n) is 8.25. The number of carbonyl (C=O) groups excluding carboxylic acids is 1. The van der Waals surface area contributed by atoms with Crippen molar-refractivity contribution in [1.82, 2.24) is 4.90 Å². The van der Waals surface area contributed by atoms with Gasteiger partial charge in [0.1, 0.15) is 17.7 Å². The molecule has 2 aliphatic rings. The molecule has 1 aliphatic heterocycles. The molecule has 0 bridgehead atoms. The maximum atomic E-state index is 14.8. The summed E-state index contributed by atoms with van der Waals surface area (Å²) in [6.07, 6.45) is -3.53. The van der Waals surface area contributed by atoms with Crippen LogP contribution in [0.2, 0.25) is 0 Å².